The highest BCUT2D eigenvalue weighted by Crippen LogP contribution is 2.19. The predicted octanol–water partition coefficient (Wildman–Crippen LogP) is 2.37. The van der Waals surface area contributed by atoms with Gasteiger partial charge in [0.15, 0.2) is 0 Å². The van der Waals surface area contributed by atoms with Crippen LogP contribution in [0.5, 0.6) is 0 Å². The van der Waals surface area contributed by atoms with Crippen molar-refractivity contribution in [2.75, 3.05) is 0 Å². The number of halogens is 2. The van der Waals surface area contributed by atoms with Gasteiger partial charge in [0.05, 0.1) is 0 Å². The van der Waals surface area contributed by atoms with Crippen molar-refractivity contribution in [2.45, 2.75) is 50.7 Å². The molecule has 3 N–H and O–H groups in total. The SMILES string of the molecule is CC(Cc1c(F)cccc1F)NC1CCC(N)C1. The van der Waals surface area contributed by atoms with Crippen molar-refractivity contribution in [3.05, 3.63) is 35.4 Å². The molecule has 1 aromatic rings. The average Bonchev–Trinajstić information content (AvgIpc) is 2.69. The maximum Gasteiger partial charge on any atom is 0.129 e. The van der Waals surface area contributed by atoms with Gasteiger partial charge in [-0.3, -0.25) is 0 Å². The lowest BCUT2D eigenvalue weighted by molar-refractivity contribution is 0.432. The molecule has 0 spiro atoms. The molecule has 0 aliphatic heterocycles. The fourth-order valence-electron chi connectivity index (χ4n) is 2.66. The van der Waals surface area contributed by atoms with Crippen molar-refractivity contribution in [1.82, 2.24) is 5.32 Å². The Bertz CT molecular complexity index is 389. The summed E-state index contributed by atoms with van der Waals surface area (Å²) in [7, 11) is 0. The van der Waals surface area contributed by atoms with E-state index >= 15 is 0 Å². The largest absolute Gasteiger partial charge is 0.328 e. The Morgan fingerprint density at radius 1 is 1.33 bits per heavy atom. The molecule has 18 heavy (non-hydrogen) atoms. The van der Waals surface area contributed by atoms with Gasteiger partial charge >= 0.3 is 0 Å². The van der Waals surface area contributed by atoms with Crippen molar-refractivity contribution in [3.63, 3.8) is 0 Å². The third kappa shape index (κ3) is 3.27. The first-order valence-corrected chi connectivity index (χ1v) is 6.50. The van der Waals surface area contributed by atoms with Gasteiger partial charge in [-0.05, 0) is 44.7 Å². The summed E-state index contributed by atoms with van der Waals surface area (Å²) >= 11 is 0. The van der Waals surface area contributed by atoms with Crippen molar-refractivity contribution >= 4 is 0 Å². The molecule has 0 radical (unpaired) electrons. The zero-order valence-electron chi connectivity index (χ0n) is 10.6. The Kier molecular flexibility index (Phi) is 4.30. The molecule has 100 valence electrons. The van der Waals surface area contributed by atoms with E-state index in [1.807, 2.05) is 6.92 Å². The van der Waals surface area contributed by atoms with E-state index in [-0.39, 0.29) is 17.6 Å². The molecule has 0 aromatic heterocycles. The number of nitrogens with two attached hydrogens (primary N) is 1. The average molecular weight is 254 g/mol. The second-order valence-corrected chi connectivity index (χ2v) is 5.24. The molecule has 1 aromatic carbocycles. The van der Waals surface area contributed by atoms with Crippen LogP contribution < -0.4 is 11.1 Å². The lowest BCUT2D eigenvalue weighted by Crippen LogP contribution is -2.37. The van der Waals surface area contributed by atoms with E-state index in [0.29, 0.717) is 12.5 Å². The van der Waals surface area contributed by atoms with Crippen molar-refractivity contribution in [2.24, 2.45) is 5.73 Å². The lowest BCUT2D eigenvalue weighted by atomic mass is 10.0. The topological polar surface area (TPSA) is 38.0 Å². The van der Waals surface area contributed by atoms with E-state index in [9.17, 15) is 8.78 Å². The Morgan fingerprint density at radius 2 is 2.00 bits per heavy atom. The molecule has 0 bridgehead atoms. The van der Waals surface area contributed by atoms with Crippen LogP contribution in [0.4, 0.5) is 8.78 Å². The molecule has 1 saturated carbocycles. The van der Waals surface area contributed by atoms with Crippen LogP contribution in [0.15, 0.2) is 18.2 Å². The fraction of sp³-hybridized carbons (Fsp3) is 0.571. The van der Waals surface area contributed by atoms with E-state index in [1.165, 1.54) is 18.2 Å². The molecule has 0 amide bonds. The monoisotopic (exact) mass is 254 g/mol. The molecule has 3 unspecified atom stereocenters. The van der Waals surface area contributed by atoms with Crippen LogP contribution in [-0.4, -0.2) is 18.1 Å². The van der Waals surface area contributed by atoms with Gasteiger partial charge in [0.2, 0.25) is 0 Å². The molecular formula is C14H20F2N2. The summed E-state index contributed by atoms with van der Waals surface area (Å²) in [6.07, 6.45) is 3.39. The quantitative estimate of drug-likeness (QED) is 0.865. The molecule has 0 heterocycles. The van der Waals surface area contributed by atoms with Crippen LogP contribution in [0.1, 0.15) is 31.7 Å². The third-order valence-corrected chi connectivity index (χ3v) is 3.57. The molecule has 4 heteroatoms. The second-order valence-electron chi connectivity index (χ2n) is 5.24. The Labute approximate surface area is 107 Å². The van der Waals surface area contributed by atoms with Gasteiger partial charge in [-0.25, -0.2) is 8.78 Å². The summed E-state index contributed by atoms with van der Waals surface area (Å²) in [6, 6.07) is 4.69. The van der Waals surface area contributed by atoms with Crippen molar-refractivity contribution in [3.8, 4) is 0 Å². The van der Waals surface area contributed by atoms with E-state index in [1.54, 1.807) is 0 Å². The van der Waals surface area contributed by atoms with Gasteiger partial charge in [-0.1, -0.05) is 6.07 Å². The first kappa shape index (κ1) is 13.4. The van der Waals surface area contributed by atoms with E-state index < -0.39 is 11.6 Å². The van der Waals surface area contributed by atoms with Gasteiger partial charge in [0.1, 0.15) is 11.6 Å². The van der Waals surface area contributed by atoms with Crippen molar-refractivity contribution in [1.29, 1.82) is 0 Å². The zero-order chi connectivity index (χ0) is 13.1. The second kappa shape index (κ2) is 5.76. The molecule has 0 saturated heterocycles. The summed E-state index contributed by atoms with van der Waals surface area (Å²) in [5.41, 5.74) is 6.01. The Hall–Kier alpha value is -1.00. The molecule has 3 atom stereocenters. The highest BCUT2D eigenvalue weighted by atomic mass is 19.1. The summed E-state index contributed by atoms with van der Waals surface area (Å²) in [5.74, 6) is -0.932. The number of hydrogen-bond acceptors (Lipinski definition) is 2. The first-order chi connectivity index (χ1) is 8.56. The van der Waals surface area contributed by atoms with Crippen LogP contribution >= 0.6 is 0 Å². The van der Waals surface area contributed by atoms with Crippen LogP contribution in [0.2, 0.25) is 0 Å². The summed E-state index contributed by atoms with van der Waals surface area (Å²) in [6.45, 7) is 1.95. The number of nitrogens with one attached hydrogen (secondary N) is 1. The van der Waals surface area contributed by atoms with E-state index in [4.69, 9.17) is 5.73 Å². The minimum atomic E-state index is -0.466. The van der Waals surface area contributed by atoms with Crippen LogP contribution in [0.3, 0.4) is 0 Å². The standard InChI is InChI=1S/C14H20F2N2/c1-9(18-11-6-5-10(17)8-11)7-12-13(15)3-2-4-14(12)16/h2-4,9-11,18H,5-8,17H2,1H3. The molecule has 2 rings (SSSR count). The highest BCUT2D eigenvalue weighted by Gasteiger charge is 2.23. The number of benzene rings is 1. The smallest absolute Gasteiger partial charge is 0.129 e. The molecule has 2 nitrogen and oxygen atoms in total. The lowest BCUT2D eigenvalue weighted by Gasteiger charge is -2.20. The van der Waals surface area contributed by atoms with Crippen LogP contribution in [-0.2, 0) is 6.42 Å². The van der Waals surface area contributed by atoms with E-state index in [0.717, 1.165) is 19.3 Å². The first-order valence-electron chi connectivity index (χ1n) is 6.50. The molecule has 1 aliphatic rings. The van der Waals surface area contributed by atoms with Gasteiger partial charge in [0, 0.05) is 23.7 Å². The van der Waals surface area contributed by atoms with Gasteiger partial charge in [-0.2, -0.15) is 0 Å². The van der Waals surface area contributed by atoms with Crippen molar-refractivity contribution < 1.29 is 8.78 Å². The molecular weight excluding hydrogens is 234 g/mol. The molecule has 1 fully saturated rings. The summed E-state index contributed by atoms with van der Waals surface area (Å²) in [5, 5.41) is 3.40. The Morgan fingerprint density at radius 3 is 2.56 bits per heavy atom. The third-order valence-electron chi connectivity index (χ3n) is 3.57. The van der Waals surface area contributed by atoms with Crippen LogP contribution in [0.25, 0.3) is 0 Å². The maximum absolute atomic E-state index is 13.5. The summed E-state index contributed by atoms with van der Waals surface area (Å²) in [4.78, 5) is 0. The summed E-state index contributed by atoms with van der Waals surface area (Å²) < 4.78 is 27.0. The normalized spacial score (nSPS) is 25.3. The van der Waals surface area contributed by atoms with Gasteiger partial charge < -0.3 is 11.1 Å². The minimum absolute atomic E-state index is 0.0479. The Balaban J connectivity index is 1.93. The predicted molar refractivity (Wildman–Crippen MR) is 68.3 cm³/mol. The van der Waals surface area contributed by atoms with Gasteiger partial charge in [0.25, 0.3) is 0 Å². The van der Waals surface area contributed by atoms with Crippen LogP contribution in [0, 0.1) is 11.6 Å². The molecule has 1 aliphatic carbocycles. The highest BCUT2D eigenvalue weighted by molar-refractivity contribution is 5.20. The number of hydrogen-bond donors (Lipinski definition) is 2. The minimum Gasteiger partial charge on any atom is -0.328 e. The fourth-order valence-corrected chi connectivity index (χ4v) is 2.66. The van der Waals surface area contributed by atoms with E-state index in [2.05, 4.69) is 5.32 Å². The zero-order valence-corrected chi connectivity index (χ0v) is 10.6. The van der Waals surface area contributed by atoms with Gasteiger partial charge in [-0.15, -0.1) is 0 Å². The number of rotatable bonds is 4. The maximum atomic E-state index is 13.5.